The van der Waals surface area contributed by atoms with E-state index in [4.69, 9.17) is 10.2 Å². The van der Waals surface area contributed by atoms with Crippen molar-refractivity contribution in [1.29, 1.82) is 0 Å². The summed E-state index contributed by atoms with van der Waals surface area (Å²) in [6.45, 7) is 4.34. The van der Waals surface area contributed by atoms with Crippen LogP contribution in [0.4, 0.5) is 5.69 Å². The van der Waals surface area contributed by atoms with E-state index in [1.54, 1.807) is 19.3 Å². The normalized spacial score (nSPS) is 10.0. The summed E-state index contributed by atoms with van der Waals surface area (Å²) in [7, 11) is 0. The second kappa shape index (κ2) is 9.32. The Bertz CT molecular complexity index is 1010. The van der Waals surface area contributed by atoms with Gasteiger partial charge in [0.25, 0.3) is 5.69 Å². The van der Waals surface area contributed by atoms with Crippen molar-refractivity contribution in [1.82, 2.24) is 4.57 Å². The van der Waals surface area contributed by atoms with Crippen molar-refractivity contribution in [2.75, 3.05) is 0 Å². The lowest BCUT2D eigenvalue weighted by atomic mass is 10.1. The highest BCUT2D eigenvalue weighted by Gasteiger charge is 2.09. The van der Waals surface area contributed by atoms with Crippen molar-refractivity contribution < 1.29 is 24.7 Å². The molecule has 2 N–H and O–H groups in total. The highest BCUT2D eigenvalue weighted by Crippen LogP contribution is 2.13. The number of nitrogens with zero attached hydrogens (tertiary/aromatic N) is 2. The Morgan fingerprint density at radius 1 is 0.931 bits per heavy atom. The molecule has 2 aromatic carbocycles. The van der Waals surface area contributed by atoms with Crippen molar-refractivity contribution in [2.24, 2.45) is 0 Å². The van der Waals surface area contributed by atoms with E-state index >= 15 is 0 Å². The molecule has 8 heteroatoms. The Labute approximate surface area is 166 Å². The Hall–Kier alpha value is -3.94. The summed E-state index contributed by atoms with van der Waals surface area (Å²) in [5, 5.41) is 27.7. The van der Waals surface area contributed by atoms with Crippen LogP contribution < -0.4 is 0 Å². The second-order valence-corrected chi connectivity index (χ2v) is 6.48. The maximum absolute atomic E-state index is 10.5. The Morgan fingerprint density at radius 3 is 1.93 bits per heavy atom. The van der Waals surface area contributed by atoms with Crippen LogP contribution in [0.1, 0.15) is 37.4 Å². The fourth-order valence-corrected chi connectivity index (χ4v) is 2.57. The lowest BCUT2D eigenvalue weighted by Gasteiger charge is -2.02. The van der Waals surface area contributed by atoms with Crippen molar-refractivity contribution in [3.05, 3.63) is 98.9 Å². The number of hydrogen-bond acceptors (Lipinski definition) is 4. The van der Waals surface area contributed by atoms with E-state index in [2.05, 4.69) is 0 Å². The molecular formula is C21H20N2O6. The van der Waals surface area contributed by atoms with Gasteiger partial charge in [0.2, 0.25) is 0 Å². The van der Waals surface area contributed by atoms with Crippen LogP contribution in [0.2, 0.25) is 0 Å². The van der Waals surface area contributed by atoms with Crippen molar-refractivity contribution >= 4 is 17.6 Å². The molecule has 0 spiro atoms. The molecule has 1 aromatic heterocycles. The standard InChI is InChI=1S/C12H12N2O2.C9H8O4/c1-10-2-4-11(5-3-10)8-13-7-6-12(9-13)14(15)16;1-5-2-6(8(10)11)4-7(3-5)9(12)13/h2-7,9H,8H2,1H3;2-4H,1H3,(H,10,11)(H,12,13). The number of carboxylic acid groups (broad SMARTS) is 2. The van der Waals surface area contributed by atoms with Crippen LogP contribution in [0, 0.1) is 24.0 Å². The van der Waals surface area contributed by atoms with E-state index in [0.717, 1.165) is 11.6 Å². The van der Waals surface area contributed by atoms with Gasteiger partial charge in [0.05, 0.1) is 22.2 Å². The summed E-state index contributed by atoms with van der Waals surface area (Å²) in [6, 6.07) is 13.6. The summed E-state index contributed by atoms with van der Waals surface area (Å²) in [4.78, 5) is 31.2. The Balaban J connectivity index is 0.000000212. The largest absolute Gasteiger partial charge is 0.478 e. The molecule has 29 heavy (non-hydrogen) atoms. The molecule has 8 nitrogen and oxygen atoms in total. The number of aromatic carboxylic acids is 2. The molecule has 0 bridgehead atoms. The summed E-state index contributed by atoms with van der Waals surface area (Å²) in [5.74, 6) is -2.24. The average Bonchev–Trinajstić information content (AvgIpc) is 3.12. The highest BCUT2D eigenvalue weighted by molar-refractivity contribution is 5.94. The van der Waals surface area contributed by atoms with Crippen LogP contribution >= 0.6 is 0 Å². The predicted octanol–water partition coefficient (Wildman–Crippen LogP) is 4.14. The van der Waals surface area contributed by atoms with E-state index < -0.39 is 11.9 Å². The molecule has 0 unspecified atom stereocenters. The number of carbonyl (C=O) groups is 2. The van der Waals surface area contributed by atoms with Crippen molar-refractivity contribution in [3.8, 4) is 0 Å². The molecule has 0 aliphatic heterocycles. The fourth-order valence-electron chi connectivity index (χ4n) is 2.57. The van der Waals surface area contributed by atoms with Crippen LogP contribution in [-0.2, 0) is 6.54 Å². The first kappa shape index (κ1) is 21.4. The number of aromatic nitrogens is 1. The highest BCUT2D eigenvalue weighted by atomic mass is 16.6. The zero-order valence-corrected chi connectivity index (χ0v) is 15.9. The minimum Gasteiger partial charge on any atom is -0.478 e. The molecule has 0 radical (unpaired) electrons. The quantitative estimate of drug-likeness (QED) is 0.493. The Morgan fingerprint density at radius 2 is 1.48 bits per heavy atom. The maximum atomic E-state index is 10.5. The third kappa shape index (κ3) is 6.31. The molecule has 150 valence electrons. The fraction of sp³-hybridized carbons (Fsp3) is 0.143. The molecule has 3 rings (SSSR count). The third-order valence-corrected chi connectivity index (χ3v) is 4.00. The Kier molecular flexibility index (Phi) is 6.86. The van der Waals surface area contributed by atoms with E-state index in [9.17, 15) is 19.7 Å². The first-order valence-corrected chi connectivity index (χ1v) is 8.59. The van der Waals surface area contributed by atoms with Crippen LogP contribution in [0.5, 0.6) is 0 Å². The lowest BCUT2D eigenvalue weighted by Crippen LogP contribution is -2.02. The predicted molar refractivity (Wildman–Crippen MR) is 106 cm³/mol. The van der Waals surface area contributed by atoms with E-state index in [1.807, 2.05) is 35.8 Å². The minimum absolute atomic E-state index is 0.00241. The van der Waals surface area contributed by atoms with Gasteiger partial charge in [0.1, 0.15) is 0 Å². The minimum atomic E-state index is -1.12. The number of aryl methyl sites for hydroxylation is 2. The second-order valence-electron chi connectivity index (χ2n) is 6.48. The lowest BCUT2D eigenvalue weighted by molar-refractivity contribution is -0.384. The van der Waals surface area contributed by atoms with Crippen LogP contribution in [0.15, 0.2) is 60.9 Å². The number of rotatable bonds is 5. The van der Waals surface area contributed by atoms with Gasteiger partial charge < -0.3 is 14.8 Å². The molecule has 0 atom stereocenters. The van der Waals surface area contributed by atoms with Gasteiger partial charge in [-0.25, -0.2) is 9.59 Å². The van der Waals surface area contributed by atoms with Crippen molar-refractivity contribution in [2.45, 2.75) is 20.4 Å². The molecule has 0 fully saturated rings. The number of hydrogen-bond donors (Lipinski definition) is 2. The molecule has 0 saturated carbocycles. The number of carboxylic acids is 2. The summed E-state index contributed by atoms with van der Waals surface area (Å²) < 4.78 is 1.81. The number of nitro groups is 1. The van der Waals surface area contributed by atoms with E-state index in [-0.39, 0.29) is 21.7 Å². The third-order valence-electron chi connectivity index (χ3n) is 4.00. The zero-order chi connectivity index (χ0) is 21.6. The van der Waals surface area contributed by atoms with Crippen LogP contribution in [0.3, 0.4) is 0 Å². The van der Waals surface area contributed by atoms with Crippen LogP contribution in [-0.4, -0.2) is 31.6 Å². The van der Waals surface area contributed by atoms with Gasteiger partial charge in [-0.3, -0.25) is 10.1 Å². The number of benzene rings is 2. The molecule has 3 aromatic rings. The SMILES string of the molecule is Cc1cc(C(=O)O)cc(C(=O)O)c1.Cc1ccc(Cn2ccc([N+](=O)[O-])c2)cc1. The van der Waals surface area contributed by atoms with Gasteiger partial charge >= 0.3 is 11.9 Å². The molecule has 0 aliphatic rings. The van der Waals surface area contributed by atoms with Crippen LogP contribution in [0.25, 0.3) is 0 Å². The van der Waals surface area contributed by atoms with Gasteiger partial charge in [0.15, 0.2) is 0 Å². The smallest absolute Gasteiger partial charge is 0.335 e. The van der Waals surface area contributed by atoms with E-state index in [0.29, 0.717) is 12.1 Å². The summed E-state index contributed by atoms with van der Waals surface area (Å²) in [5.41, 5.74) is 3.09. The molecule has 1 heterocycles. The van der Waals surface area contributed by atoms with Gasteiger partial charge in [-0.1, -0.05) is 29.8 Å². The van der Waals surface area contributed by atoms with E-state index in [1.165, 1.54) is 23.8 Å². The molecule has 0 aliphatic carbocycles. The summed E-state index contributed by atoms with van der Waals surface area (Å²) >= 11 is 0. The van der Waals surface area contributed by atoms with Crippen molar-refractivity contribution in [3.63, 3.8) is 0 Å². The monoisotopic (exact) mass is 396 g/mol. The van der Waals surface area contributed by atoms with Gasteiger partial charge in [0, 0.05) is 18.8 Å². The average molecular weight is 396 g/mol. The molecule has 0 amide bonds. The first-order valence-electron chi connectivity index (χ1n) is 8.59. The topological polar surface area (TPSA) is 123 Å². The zero-order valence-electron chi connectivity index (χ0n) is 15.9. The van der Waals surface area contributed by atoms with Gasteiger partial charge in [-0.15, -0.1) is 0 Å². The molecular weight excluding hydrogens is 376 g/mol. The maximum Gasteiger partial charge on any atom is 0.335 e. The first-order chi connectivity index (χ1) is 13.7. The molecule has 0 saturated heterocycles. The van der Waals surface area contributed by atoms with Gasteiger partial charge in [-0.2, -0.15) is 0 Å². The van der Waals surface area contributed by atoms with Gasteiger partial charge in [-0.05, 0) is 43.2 Å². The summed E-state index contributed by atoms with van der Waals surface area (Å²) in [6.07, 6.45) is 3.26.